The number of hydrogen-bond donors (Lipinski definition) is 0. The lowest BCUT2D eigenvalue weighted by molar-refractivity contribution is 1.05. The van der Waals surface area contributed by atoms with Gasteiger partial charge >= 0.3 is 0 Å². The van der Waals surface area contributed by atoms with Crippen LogP contribution >= 0.6 is 46.4 Å². The predicted octanol–water partition coefficient (Wildman–Crippen LogP) is 2.99. The molecular weight excluding hydrogens is 342 g/mol. The molecule has 0 nitrogen and oxygen atoms in total. The van der Waals surface area contributed by atoms with Gasteiger partial charge in [0.2, 0.25) is 0 Å². The molecule has 1 rings (SSSR count). The molecule has 0 amide bonds. The Morgan fingerprint density at radius 3 is 2.00 bits per heavy atom. The number of aryl methyl sites for hydroxylation is 1. The van der Waals surface area contributed by atoms with Gasteiger partial charge in [-0.1, -0.05) is 36.4 Å². The summed E-state index contributed by atoms with van der Waals surface area (Å²) in [6.45, 7) is 4.32. The van der Waals surface area contributed by atoms with E-state index in [1.165, 1.54) is 21.5 Å². The van der Waals surface area contributed by atoms with Crippen molar-refractivity contribution in [3.8, 4) is 0 Å². The van der Waals surface area contributed by atoms with Crippen molar-refractivity contribution in [2.75, 3.05) is 0 Å². The summed E-state index contributed by atoms with van der Waals surface area (Å²) in [5.74, 6) is 0. The highest BCUT2D eigenvalue weighted by Gasteiger charge is 2.17. The highest BCUT2D eigenvalue weighted by atomic mass is 35.5. The van der Waals surface area contributed by atoms with Gasteiger partial charge in [-0.05, 0) is 24.0 Å². The Hall–Kier alpha value is 0.814. The van der Waals surface area contributed by atoms with E-state index in [1.807, 2.05) is 0 Å². The Bertz CT molecular complexity index is 394. The molecule has 0 spiro atoms. The summed E-state index contributed by atoms with van der Waals surface area (Å²) in [6.07, 6.45) is 2.00. The third-order valence-corrected chi connectivity index (χ3v) is 6.25. The molecule has 1 aromatic rings. The summed E-state index contributed by atoms with van der Waals surface area (Å²) in [4.78, 5) is 0. The highest BCUT2D eigenvalue weighted by molar-refractivity contribution is 6.83. The average molecular weight is 356 g/mol. The van der Waals surface area contributed by atoms with E-state index in [4.69, 9.17) is 46.4 Å². The van der Waals surface area contributed by atoms with Crippen LogP contribution in [0.3, 0.4) is 0 Å². The van der Waals surface area contributed by atoms with Gasteiger partial charge in [-0.3, -0.25) is 0 Å². The molecule has 0 saturated heterocycles. The van der Waals surface area contributed by atoms with Gasteiger partial charge in [0.15, 0.2) is 0 Å². The molecule has 98 valence electrons. The normalized spacial score (nSPS) is 11.6. The third-order valence-electron chi connectivity index (χ3n) is 2.66. The standard InChI is InChI=1S/C12H14Cl4Si2/c1-3-7-5-6-9(17-11(13)14)10(8(7)4-2)18-12(15)16/h5-6,11-12H,3-4H2,1-2H3. The Morgan fingerprint density at radius 1 is 0.944 bits per heavy atom. The van der Waals surface area contributed by atoms with Crippen LogP contribution in [-0.4, -0.2) is 28.0 Å². The molecule has 1 aromatic carbocycles. The fraction of sp³-hybridized carbons (Fsp3) is 0.500. The predicted molar refractivity (Wildman–Crippen MR) is 87.0 cm³/mol. The lowest BCUT2D eigenvalue weighted by atomic mass is 10.0. The SMILES string of the molecule is CCc1ccc([Si]C(Cl)Cl)c([Si]C(Cl)Cl)c1CC. The smallest absolute Gasteiger partial charge is 0.110 e. The molecule has 0 saturated carbocycles. The minimum absolute atomic E-state index is 0.366. The van der Waals surface area contributed by atoms with E-state index in [9.17, 15) is 0 Å². The van der Waals surface area contributed by atoms with Crippen molar-refractivity contribution in [2.24, 2.45) is 0 Å². The van der Waals surface area contributed by atoms with Crippen molar-refractivity contribution in [1.29, 1.82) is 0 Å². The largest absolute Gasteiger partial charge is 0.124 e. The second-order valence-electron chi connectivity index (χ2n) is 3.72. The van der Waals surface area contributed by atoms with E-state index in [0.29, 0.717) is 19.0 Å². The summed E-state index contributed by atoms with van der Waals surface area (Å²) in [5.41, 5.74) is 2.73. The zero-order chi connectivity index (χ0) is 13.7. The summed E-state index contributed by atoms with van der Waals surface area (Å²) in [5, 5.41) is 2.46. The maximum absolute atomic E-state index is 5.96. The van der Waals surface area contributed by atoms with E-state index >= 15 is 0 Å². The second kappa shape index (κ2) is 8.18. The van der Waals surface area contributed by atoms with Gasteiger partial charge in [0, 0.05) is 0 Å². The lowest BCUT2D eigenvalue weighted by Crippen LogP contribution is -2.43. The molecule has 0 aliphatic heterocycles. The maximum Gasteiger partial charge on any atom is 0.124 e. The van der Waals surface area contributed by atoms with Crippen LogP contribution in [0.2, 0.25) is 0 Å². The van der Waals surface area contributed by atoms with Crippen molar-refractivity contribution >= 4 is 75.8 Å². The zero-order valence-electron chi connectivity index (χ0n) is 10.2. The van der Waals surface area contributed by atoms with Crippen LogP contribution in [-0.2, 0) is 12.8 Å². The lowest BCUT2D eigenvalue weighted by Gasteiger charge is -2.17. The minimum Gasteiger partial charge on any atom is -0.110 e. The quantitative estimate of drug-likeness (QED) is 0.543. The molecule has 0 aliphatic rings. The van der Waals surface area contributed by atoms with Crippen LogP contribution in [0.25, 0.3) is 0 Å². The Balaban J connectivity index is 3.24. The summed E-state index contributed by atoms with van der Waals surface area (Å²) in [6, 6.07) is 4.29. The van der Waals surface area contributed by atoms with Crippen LogP contribution in [0.1, 0.15) is 25.0 Å². The number of halogens is 4. The van der Waals surface area contributed by atoms with Crippen LogP contribution in [0.15, 0.2) is 12.1 Å². The van der Waals surface area contributed by atoms with E-state index in [2.05, 4.69) is 26.0 Å². The summed E-state index contributed by atoms with van der Waals surface area (Å²) < 4.78 is -0.732. The number of rotatable bonds is 6. The topological polar surface area (TPSA) is 0 Å². The second-order valence-corrected chi connectivity index (χ2v) is 10.2. The highest BCUT2D eigenvalue weighted by Crippen LogP contribution is 2.10. The first kappa shape index (κ1) is 16.9. The van der Waals surface area contributed by atoms with Gasteiger partial charge < -0.3 is 0 Å². The maximum atomic E-state index is 5.96. The Kier molecular flexibility index (Phi) is 7.66. The number of alkyl halides is 4. The minimum atomic E-state index is -0.366. The molecule has 0 aliphatic carbocycles. The molecule has 0 N–H and O–H groups in total. The van der Waals surface area contributed by atoms with Gasteiger partial charge in [0.05, 0.1) is 8.92 Å². The first-order valence-electron chi connectivity index (χ1n) is 5.73. The third kappa shape index (κ3) is 4.73. The fourth-order valence-electron chi connectivity index (χ4n) is 1.94. The number of hydrogen-bond acceptors (Lipinski definition) is 0. The molecule has 0 bridgehead atoms. The van der Waals surface area contributed by atoms with Crippen molar-refractivity contribution in [3.05, 3.63) is 23.3 Å². The van der Waals surface area contributed by atoms with Gasteiger partial charge in [-0.15, -0.1) is 46.4 Å². The first-order valence-corrected chi connectivity index (χ1v) is 9.63. The number of benzene rings is 1. The molecule has 6 heteroatoms. The van der Waals surface area contributed by atoms with Crippen molar-refractivity contribution in [3.63, 3.8) is 0 Å². The molecular formula is C12H14Cl4Si2. The van der Waals surface area contributed by atoms with Crippen molar-refractivity contribution in [2.45, 2.75) is 35.6 Å². The Labute approximate surface area is 134 Å². The fourth-order valence-corrected chi connectivity index (χ4v) is 5.41. The molecule has 0 heterocycles. The van der Waals surface area contributed by atoms with Crippen molar-refractivity contribution in [1.82, 2.24) is 0 Å². The summed E-state index contributed by atoms with van der Waals surface area (Å²) in [7, 11) is 0.762. The van der Waals surface area contributed by atoms with E-state index in [1.54, 1.807) is 0 Å². The molecule has 0 fully saturated rings. The molecule has 0 atom stereocenters. The van der Waals surface area contributed by atoms with E-state index < -0.39 is 0 Å². The van der Waals surface area contributed by atoms with Gasteiger partial charge in [0.25, 0.3) is 0 Å². The summed E-state index contributed by atoms with van der Waals surface area (Å²) >= 11 is 23.7. The molecule has 0 aromatic heterocycles. The average Bonchev–Trinajstić information content (AvgIpc) is 2.29. The molecule has 0 unspecified atom stereocenters. The van der Waals surface area contributed by atoms with Crippen LogP contribution in [0, 0.1) is 0 Å². The monoisotopic (exact) mass is 354 g/mol. The van der Waals surface area contributed by atoms with E-state index in [-0.39, 0.29) is 8.92 Å². The Morgan fingerprint density at radius 2 is 1.56 bits per heavy atom. The van der Waals surface area contributed by atoms with Crippen LogP contribution < -0.4 is 10.4 Å². The molecule has 4 radical (unpaired) electrons. The zero-order valence-corrected chi connectivity index (χ0v) is 15.3. The van der Waals surface area contributed by atoms with Crippen LogP contribution in [0.4, 0.5) is 0 Å². The van der Waals surface area contributed by atoms with Crippen molar-refractivity contribution < 1.29 is 0 Å². The van der Waals surface area contributed by atoms with Gasteiger partial charge in [-0.25, -0.2) is 0 Å². The van der Waals surface area contributed by atoms with Gasteiger partial charge in [0.1, 0.15) is 19.0 Å². The van der Waals surface area contributed by atoms with Crippen LogP contribution in [0.5, 0.6) is 0 Å². The van der Waals surface area contributed by atoms with Gasteiger partial charge in [-0.2, -0.15) is 0 Å². The first-order chi connectivity index (χ1) is 8.49. The van der Waals surface area contributed by atoms with E-state index in [0.717, 1.165) is 12.8 Å². The molecule has 18 heavy (non-hydrogen) atoms.